The van der Waals surface area contributed by atoms with E-state index in [9.17, 15) is 4.79 Å². The number of hydrogen-bond donors (Lipinski definition) is 1. The number of carbonyl (C=O) groups excluding carboxylic acids is 1. The van der Waals surface area contributed by atoms with Crippen LogP contribution in [-0.4, -0.2) is 36.5 Å². The first-order valence-electron chi connectivity index (χ1n) is 7.01. The predicted molar refractivity (Wildman–Crippen MR) is 72.9 cm³/mol. The molecular weight excluding hydrogens is 240 g/mol. The zero-order chi connectivity index (χ0) is 13.2. The van der Waals surface area contributed by atoms with Gasteiger partial charge in [0.05, 0.1) is 5.92 Å². The summed E-state index contributed by atoms with van der Waals surface area (Å²) in [5, 5.41) is 0. The Labute approximate surface area is 113 Å². The van der Waals surface area contributed by atoms with E-state index >= 15 is 0 Å². The van der Waals surface area contributed by atoms with Crippen LogP contribution in [-0.2, 0) is 11.2 Å². The van der Waals surface area contributed by atoms with Crippen LogP contribution in [0.5, 0.6) is 5.75 Å². The number of fused-ring (bicyclic) bond motifs is 1. The second-order valence-electron chi connectivity index (χ2n) is 5.38. The highest BCUT2D eigenvalue weighted by Gasteiger charge is 2.34. The van der Waals surface area contributed by atoms with E-state index < -0.39 is 0 Å². The van der Waals surface area contributed by atoms with Crippen molar-refractivity contribution >= 4 is 5.91 Å². The van der Waals surface area contributed by atoms with Crippen molar-refractivity contribution in [2.45, 2.75) is 25.3 Å². The molecule has 0 radical (unpaired) electrons. The van der Waals surface area contributed by atoms with E-state index in [0.29, 0.717) is 13.2 Å². The number of likely N-dealkylation sites (tertiary alicyclic amines) is 1. The summed E-state index contributed by atoms with van der Waals surface area (Å²) in [5.74, 6) is 1.08. The molecule has 19 heavy (non-hydrogen) atoms. The molecule has 2 heterocycles. The van der Waals surface area contributed by atoms with Crippen LogP contribution < -0.4 is 10.5 Å². The summed E-state index contributed by atoms with van der Waals surface area (Å²) in [6.07, 6.45) is 2.88. The van der Waals surface area contributed by atoms with Gasteiger partial charge in [-0.1, -0.05) is 18.2 Å². The van der Waals surface area contributed by atoms with Crippen LogP contribution in [0.25, 0.3) is 0 Å². The first-order valence-corrected chi connectivity index (χ1v) is 7.01. The Morgan fingerprint density at radius 2 is 2.26 bits per heavy atom. The van der Waals surface area contributed by atoms with Crippen molar-refractivity contribution < 1.29 is 9.53 Å². The number of benzene rings is 1. The van der Waals surface area contributed by atoms with Gasteiger partial charge in [0.2, 0.25) is 5.91 Å². The van der Waals surface area contributed by atoms with Crippen LogP contribution in [0.1, 0.15) is 18.4 Å². The van der Waals surface area contributed by atoms with Gasteiger partial charge in [-0.05, 0) is 30.9 Å². The maximum atomic E-state index is 12.6. The zero-order valence-corrected chi connectivity index (χ0v) is 11.0. The van der Waals surface area contributed by atoms with Crippen LogP contribution in [0.3, 0.4) is 0 Å². The van der Waals surface area contributed by atoms with Crippen LogP contribution in [0, 0.1) is 5.92 Å². The number of nitrogens with two attached hydrogens (primary N) is 1. The van der Waals surface area contributed by atoms with Gasteiger partial charge in [0.15, 0.2) is 0 Å². The molecule has 4 nitrogen and oxygen atoms in total. The quantitative estimate of drug-likeness (QED) is 0.869. The van der Waals surface area contributed by atoms with E-state index in [1.807, 2.05) is 29.2 Å². The zero-order valence-electron chi connectivity index (χ0n) is 11.0. The SMILES string of the molecule is NCC1CCCN1C(=O)C1COc2ccccc2C1. The number of carbonyl (C=O) groups is 1. The van der Waals surface area contributed by atoms with Gasteiger partial charge in [-0.2, -0.15) is 0 Å². The lowest BCUT2D eigenvalue weighted by Gasteiger charge is -2.31. The lowest BCUT2D eigenvalue weighted by Crippen LogP contribution is -2.45. The Bertz CT molecular complexity index is 475. The first kappa shape index (κ1) is 12.5. The number of ether oxygens (including phenoxy) is 1. The molecule has 2 aliphatic rings. The number of hydrogen-bond acceptors (Lipinski definition) is 3. The van der Waals surface area contributed by atoms with Crippen LogP contribution in [0.4, 0.5) is 0 Å². The summed E-state index contributed by atoms with van der Waals surface area (Å²) in [6, 6.07) is 8.19. The molecule has 0 aliphatic carbocycles. The van der Waals surface area contributed by atoms with Crippen molar-refractivity contribution in [2.24, 2.45) is 11.7 Å². The summed E-state index contributed by atoms with van der Waals surface area (Å²) < 4.78 is 5.71. The van der Waals surface area contributed by atoms with Gasteiger partial charge in [-0.15, -0.1) is 0 Å². The van der Waals surface area contributed by atoms with Crippen molar-refractivity contribution in [3.8, 4) is 5.75 Å². The average molecular weight is 260 g/mol. The van der Waals surface area contributed by atoms with Gasteiger partial charge >= 0.3 is 0 Å². The molecule has 1 aromatic carbocycles. The third-order valence-corrected chi connectivity index (χ3v) is 4.16. The molecule has 1 saturated heterocycles. The lowest BCUT2D eigenvalue weighted by atomic mass is 9.95. The highest BCUT2D eigenvalue weighted by molar-refractivity contribution is 5.80. The second-order valence-corrected chi connectivity index (χ2v) is 5.38. The highest BCUT2D eigenvalue weighted by atomic mass is 16.5. The summed E-state index contributed by atoms with van der Waals surface area (Å²) in [6.45, 7) is 1.90. The Hall–Kier alpha value is -1.55. The minimum atomic E-state index is -0.0537. The van der Waals surface area contributed by atoms with Gasteiger partial charge in [0, 0.05) is 19.1 Å². The molecule has 0 aromatic heterocycles. The normalized spacial score (nSPS) is 25.8. The second kappa shape index (κ2) is 5.21. The average Bonchev–Trinajstić information content (AvgIpc) is 2.94. The Morgan fingerprint density at radius 1 is 1.42 bits per heavy atom. The fourth-order valence-electron chi connectivity index (χ4n) is 3.09. The maximum Gasteiger partial charge on any atom is 0.229 e. The molecule has 2 atom stereocenters. The standard InChI is InChI=1S/C15H20N2O2/c16-9-13-5-3-7-17(13)15(18)12-8-11-4-1-2-6-14(11)19-10-12/h1-2,4,6,12-13H,3,5,7-10,16H2. The van der Waals surface area contributed by atoms with E-state index in [4.69, 9.17) is 10.5 Å². The van der Waals surface area contributed by atoms with E-state index in [-0.39, 0.29) is 17.9 Å². The van der Waals surface area contributed by atoms with E-state index in [2.05, 4.69) is 0 Å². The molecule has 3 rings (SSSR count). The van der Waals surface area contributed by atoms with Crippen LogP contribution in [0.2, 0.25) is 0 Å². The minimum Gasteiger partial charge on any atom is -0.492 e. The van der Waals surface area contributed by atoms with Gasteiger partial charge in [-0.3, -0.25) is 4.79 Å². The summed E-state index contributed by atoms with van der Waals surface area (Å²) in [7, 11) is 0. The summed E-state index contributed by atoms with van der Waals surface area (Å²) >= 11 is 0. The van der Waals surface area contributed by atoms with Crippen LogP contribution in [0.15, 0.2) is 24.3 Å². The fourth-order valence-corrected chi connectivity index (χ4v) is 3.09. The third kappa shape index (κ3) is 2.32. The van der Waals surface area contributed by atoms with Gasteiger partial charge in [-0.25, -0.2) is 0 Å². The van der Waals surface area contributed by atoms with E-state index in [0.717, 1.165) is 37.1 Å². The van der Waals surface area contributed by atoms with Gasteiger partial charge in [0.1, 0.15) is 12.4 Å². The maximum absolute atomic E-state index is 12.6. The first-order chi connectivity index (χ1) is 9.29. The topological polar surface area (TPSA) is 55.6 Å². The highest BCUT2D eigenvalue weighted by Crippen LogP contribution is 2.29. The minimum absolute atomic E-state index is 0.0537. The number of para-hydroxylation sites is 1. The third-order valence-electron chi connectivity index (χ3n) is 4.16. The summed E-state index contributed by atoms with van der Waals surface area (Å²) in [4.78, 5) is 14.5. The van der Waals surface area contributed by atoms with Gasteiger partial charge in [0.25, 0.3) is 0 Å². The molecule has 0 saturated carbocycles. The number of rotatable bonds is 2. The fraction of sp³-hybridized carbons (Fsp3) is 0.533. The van der Waals surface area contributed by atoms with E-state index in [1.165, 1.54) is 0 Å². The van der Waals surface area contributed by atoms with Crippen molar-refractivity contribution in [3.63, 3.8) is 0 Å². The lowest BCUT2D eigenvalue weighted by molar-refractivity contribution is -0.137. The van der Waals surface area contributed by atoms with Crippen molar-refractivity contribution in [1.82, 2.24) is 4.90 Å². The summed E-state index contributed by atoms with van der Waals surface area (Å²) in [5.41, 5.74) is 6.88. The van der Waals surface area contributed by atoms with Crippen molar-refractivity contribution in [1.29, 1.82) is 0 Å². The largest absolute Gasteiger partial charge is 0.492 e. The van der Waals surface area contributed by atoms with Crippen molar-refractivity contribution in [3.05, 3.63) is 29.8 Å². The Morgan fingerprint density at radius 3 is 3.11 bits per heavy atom. The Kier molecular flexibility index (Phi) is 3.42. The monoisotopic (exact) mass is 260 g/mol. The number of amides is 1. The van der Waals surface area contributed by atoms with Crippen molar-refractivity contribution in [2.75, 3.05) is 19.7 Å². The number of nitrogens with zero attached hydrogens (tertiary/aromatic N) is 1. The molecular formula is C15H20N2O2. The molecule has 0 bridgehead atoms. The Balaban J connectivity index is 1.72. The molecule has 102 valence electrons. The molecule has 2 aliphatic heterocycles. The molecule has 1 fully saturated rings. The van der Waals surface area contributed by atoms with Gasteiger partial charge < -0.3 is 15.4 Å². The predicted octanol–water partition coefficient (Wildman–Crippen LogP) is 1.19. The molecule has 0 spiro atoms. The van der Waals surface area contributed by atoms with E-state index in [1.54, 1.807) is 0 Å². The molecule has 2 unspecified atom stereocenters. The van der Waals surface area contributed by atoms with Crippen LogP contribution >= 0.6 is 0 Å². The molecule has 1 aromatic rings. The molecule has 2 N–H and O–H groups in total. The molecule has 1 amide bonds. The smallest absolute Gasteiger partial charge is 0.229 e. The molecule has 4 heteroatoms.